The van der Waals surface area contributed by atoms with Crippen LogP contribution in [0.25, 0.3) is 0 Å². The normalized spacial score (nSPS) is 29.8. The molecule has 45 heavy (non-hydrogen) atoms. The fraction of sp³-hybridized carbons (Fsp3) is 0.629. The van der Waals surface area contributed by atoms with Gasteiger partial charge in [-0.1, -0.05) is 56.3 Å². The summed E-state index contributed by atoms with van der Waals surface area (Å²) in [7, 11) is 0. The van der Waals surface area contributed by atoms with Crippen molar-refractivity contribution in [1.82, 2.24) is 19.6 Å². The highest BCUT2D eigenvalue weighted by molar-refractivity contribution is 5.99. The third kappa shape index (κ3) is 5.86. The molecule has 4 fully saturated rings. The van der Waals surface area contributed by atoms with Gasteiger partial charge in [-0.2, -0.15) is 0 Å². The van der Waals surface area contributed by atoms with E-state index in [1.807, 2.05) is 44.2 Å². The number of likely N-dealkylation sites (tertiary alicyclic amines) is 1. The van der Waals surface area contributed by atoms with E-state index in [0.717, 1.165) is 25.1 Å². The van der Waals surface area contributed by atoms with Crippen molar-refractivity contribution in [2.45, 2.75) is 62.8 Å². The van der Waals surface area contributed by atoms with Crippen LogP contribution in [0.5, 0.6) is 0 Å². The minimum atomic E-state index is -1.18. The molecule has 1 spiro atoms. The highest BCUT2D eigenvalue weighted by atomic mass is 16.5. The quantitative estimate of drug-likeness (QED) is 0.300. The molecule has 5 rings (SSSR count). The molecule has 10 heteroatoms. The Hall–Kier alpha value is -3.05. The first-order chi connectivity index (χ1) is 21.8. The number of aliphatic hydroxyl groups excluding tert-OH is 1. The fourth-order valence-electron chi connectivity index (χ4n) is 8.30. The van der Waals surface area contributed by atoms with Crippen LogP contribution in [0.3, 0.4) is 0 Å². The number of carbonyl (C=O) groups excluding carboxylic acids is 3. The number of hydrogen-bond donors (Lipinski definition) is 1. The lowest BCUT2D eigenvalue weighted by Crippen LogP contribution is -2.58. The molecule has 1 aromatic carbocycles. The number of nitrogens with zero attached hydrogens (tertiary/aromatic N) is 4. The molecule has 6 atom stereocenters. The van der Waals surface area contributed by atoms with Gasteiger partial charge in [0.25, 0.3) is 0 Å². The number of rotatable bonds is 15. The van der Waals surface area contributed by atoms with Gasteiger partial charge in [-0.15, -0.1) is 13.2 Å². The van der Waals surface area contributed by atoms with Gasteiger partial charge in [-0.05, 0) is 31.2 Å². The third-order valence-electron chi connectivity index (χ3n) is 10.4. The summed E-state index contributed by atoms with van der Waals surface area (Å²) in [5.41, 5.74) is -1.29. The van der Waals surface area contributed by atoms with Gasteiger partial charge in [0.2, 0.25) is 17.7 Å². The molecule has 4 saturated heterocycles. The number of amides is 3. The minimum Gasteiger partial charge on any atom is -0.394 e. The Bertz CT molecular complexity index is 1240. The van der Waals surface area contributed by atoms with Gasteiger partial charge in [-0.3, -0.25) is 19.3 Å². The second-order valence-electron chi connectivity index (χ2n) is 12.8. The van der Waals surface area contributed by atoms with Crippen LogP contribution in [-0.2, 0) is 23.9 Å². The predicted octanol–water partition coefficient (Wildman–Crippen LogP) is 2.65. The number of hydrogen-bond acceptors (Lipinski definition) is 7. The molecular formula is C35H50N4O6. The number of fused-ring (bicyclic) bond motifs is 1. The molecule has 0 radical (unpaired) electrons. The molecule has 4 heterocycles. The van der Waals surface area contributed by atoms with E-state index in [9.17, 15) is 19.5 Å². The molecule has 4 aliphatic rings. The van der Waals surface area contributed by atoms with Crippen LogP contribution in [0.15, 0.2) is 55.6 Å². The summed E-state index contributed by atoms with van der Waals surface area (Å²) >= 11 is 0. The summed E-state index contributed by atoms with van der Waals surface area (Å²) < 4.78 is 12.5. The molecule has 246 valence electrons. The Morgan fingerprint density at radius 1 is 1.04 bits per heavy atom. The Morgan fingerprint density at radius 2 is 1.71 bits per heavy atom. The van der Waals surface area contributed by atoms with Crippen molar-refractivity contribution in [3.63, 3.8) is 0 Å². The van der Waals surface area contributed by atoms with Gasteiger partial charge in [0, 0.05) is 45.8 Å². The molecule has 10 nitrogen and oxygen atoms in total. The van der Waals surface area contributed by atoms with Crippen molar-refractivity contribution < 1.29 is 29.0 Å². The Balaban J connectivity index is 1.58. The largest absolute Gasteiger partial charge is 0.394 e. The molecule has 1 aromatic rings. The number of benzene rings is 1. The number of morpholine rings is 1. The van der Waals surface area contributed by atoms with Crippen molar-refractivity contribution in [2.24, 2.45) is 11.8 Å². The predicted molar refractivity (Wildman–Crippen MR) is 171 cm³/mol. The van der Waals surface area contributed by atoms with Crippen LogP contribution < -0.4 is 0 Å². The molecule has 3 amide bonds. The average Bonchev–Trinajstić information content (AvgIpc) is 3.67. The topological polar surface area (TPSA) is 103 Å². The van der Waals surface area contributed by atoms with E-state index in [4.69, 9.17) is 9.47 Å². The Labute approximate surface area is 267 Å². The lowest BCUT2D eigenvalue weighted by Gasteiger charge is -2.40. The van der Waals surface area contributed by atoms with Gasteiger partial charge < -0.3 is 29.3 Å². The first kappa shape index (κ1) is 33.3. The van der Waals surface area contributed by atoms with Crippen LogP contribution in [0, 0.1) is 11.8 Å². The molecular weight excluding hydrogens is 572 g/mol. The van der Waals surface area contributed by atoms with Crippen molar-refractivity contribution >= 4 is 17.7 Å². The molecule has 2 unspecified atom stereocenters. The van der Waals surface area contributed by atoms with Gasteiger partial charge in [0.1, 0.15) is 11.6 Å². The number of carbonyl (C=O) groups is 3. The van der Waals surface area contributed by atoms with E-state index in [1.165, 1.54) is 0 Å². The van der Waals surface area contributed by atoms with E-state index >= 15 is 0 Å². The monoisotopic (exact) mass is 622 g/mol. The van der Waals surface area contributed by atoms with E-state index in [0.29, 0.717) is 65.2 Å². The lowest BCUT2D eigenvalue weighted by molar-refractivity contribution is -0.158. The molecule has 0 aliphatic carbocycles. The maximum atomic E-state index is 14.9. The SMILES string of the molecule is C=CCN(CCN1CCOCC1)C(=O)C1N([C@H](CO)c2ccccc2)C(=O)[C@@H]2[C@@H](C(=O)N(CC=C)CCC)[C@@]3(CC)CCC12O3. The van der Waals surface area contributed by atoms with Crippen LogP contribution in [0.4, 0.5) is 0 Å². The summed E-state index contributed by atoms with van der Waals surface area (Å²) in [6.45, 7) is 16.7. The zero-order valence-electron chi connectivity index (χ0n) is 26.9. The summed E-state index contributed by atoms with van der Waals surface area (Å²) in [4.78, 5) is 51.6. The van der Waals surface area contributed by atoms with Crippen molar-refractivity contribution in [2.75, 3.05) is 65.6 Å². The first-order valence-corrected chi connectivity index (χ1v) is 16.6. The fourth-order valence-corrected chi connectivity index (χ4v) is 8.30. The molecule has 0 aromatic heterocycles. The average molecular weight is 623 g/mol. The number of ether oxygens (including phenoxy) is 2. The number of aliphatic hydroxyl groups is 1. The third-order valence-corrected chi connectivity index (χ3v) is 10.4. The highest BCUT2D eigenvalue weighted by Crippen LogP contribution is 2.65. The van der Waals surface area contributed by atoms with Crippen molar-refractivity contribution in [1.29, 1.82) is 0 Å². The van der Waals surface area contributed by atoms with Crippen LogP contribution in [-0.4, -0.2) is 125 Å². The van der Waals surface area contributed by atoms with Gasteiger partial charge >= 0.3 is 0 Å². The van der Waals surface area contributed by atoms with E-state index in [-0.39, 0.29) is 24.3 Å². The second kappa shape index (κ2) is 14.2. The summed E-state index contributed by atoms with van der Waals surface area (Å²) in [6.07, 6.45) is 5.81. The summed E-state index contributed by atoms with van der Waals surface area (Å²) in [6, 6.07) is 7.56. The van der Waals surface area contributed by atoms with E-state index < -0.39 is 35.1 Å². The molecule has 4 aliphatic heterocycles. The maximum absolute atomic E-state index is 14.9. The second-order valence-corrected chi connectivity index (χ2v) is 12.8. The van der Waals surface area contributed by atoms with Crippen LogP contribution in [0.2, 0.25) is 0 Å². The molecule has 2 bridgehead atoms. The van der Waals surface area contributed by atoms with E-state index in [1.54, 1.807) is 26.9 Å². The van der Waals surface area contributed by atoms with E-state index in [2.05, 4.69) is 18.1 Å². The lowest BCUT2D eigenvalue weighted by atomic mass is 9.64. The van der Waals surface area contributed by atoms with Crippen molar-refractivity contribution in [3.8, 4) is 0 Å². The standard InChI is InChI=1S/C35H50N4O6/c1-5-16-37(17-6-2)31(41)28-29-32(42)39(27(25-40)26-12-10-9-11-13-26)30(35(29)15-14-34(28,8-4)45-35)33(43)38(18-7-3)20-19-36-21-23-44-24-22-36/h5,7,9-13,27-30,40H,1,3,6,8,14-25H2,2,4H3/t27-,28+,29+,30?,34-,35?/m1/s1. The summed E-state index contributed by atoms with van der Waals surface area (Å²) in [5, 5.41) is 10.8. The Kier molecular flexibility index (Phi) is 10.5. The smallest absolute Gasteiger partial charge is 0.248 e. The van der Waals surface area contributed by atoms with Crippen LogP contribution in [0.1, 0.15) is 51.1 Å². The highest BCUT2D eigenvalue weighted by Gasteiger charge is 2.79. The first-order valence-electron chi connectivity index (χ1n) is 16.6. The van der Waals surface area contributed by atoms with Gasteiger partial charge in [0.15, 0.2) is 0 Å². The zero-order valence-corrected chi connectivity index (χ0v) is 26.9. The van der Waals surface area contributed by atoms with Crippen LogP contribution >= 0.6 is 0 Å². The van der Waals surface area contributed by atoms with Crippen molar-refractivity contribution in [3.05, 3.63) is 61.2 Å². The molecule has 0 saturated carbocycles. The molecule has 1 N–H and O–H groups in total. The maximum Gasteiger partial charge on any atom is 0.248 e. The van der Waals surface area contributed by atoms with Gasteiger partial charge in [0.05, 0.1) is 43.3 Å². The zero-order chi connectivity index (χ0) is 32.2. The minimum absolute atomic E-state index is 0.123. The summed E-state index contributed by atoms with van der Waals surface area (Å²) in [5.74, 6) is -2.22. The van der Waals surface area contributed by atoms with Gasteiger partial charge in [-0.25, -0.2) is 0 Å². The Morgan fingerprint density at radius 3 is 2.31 bits per heavy atom.